The fraction of sp³-hybridized carbons (Fsp3) is 0.111. The third-order valence-electron chi connectivity index (χ3n) is 1.98. The summed E-state index contributed by atoms with van der Waals surface area (Å²) in [5.41, 5.74) is -2.45. The lowest BCUT2D eigenvalue weighted by Gasteiger charge is -2.04. The van der Waals surface area contributed by atoms with Crippen molar-refractivity contribution in [3.63, 3.8) is 0 Å². The number of non-ortho nitro benzene ring substituents is 1. The number of nitro groups is 3. The van der Waals surface area contributed by atoms with Crippen LogP contribution >= 0.6 is 0 Å². The molecule has 1 rings (SSSR count). The Morgan fingerprint density at radius 1 is 1.05 bits per heavy atom. The molecule has 100 valence electrons. The summed E-state index contributed by atoms with van der Waals surface area (Å²) in [6.07, 6.45) is 1.23. The third kappa shape index (κ3) is 3.00. The molecule has 0 aliphatic heterocycles. The van der Waals surface area contributed by atoms with E-state index in [4.69, 9.17) is 4.74 Å². The summed E-state index contributed by atoms with van der Waals surface area (Å²) >= 11 is 0. The molecule has 0 aromatic heterocycles. The van der Waals surface area contributed by atoms with Crippen LogP contribution in [-0.4, -0.2) is 21.4 Å². The molecule has 0 aliphatic rings. The molecule has 0 unspecified atom stereocenters. The molecule has 0 saturated heterocycles. The van der Waals surface area contributed by atoms with Gasteiger partial charge in [-0.3, -0.25) is 30.3 Å². The van der Waals surface area contributed by atoms with Gasteiger partial charge in [0.25, 0.3) is 11.4 Å². The second-order valence-corrected chi connectivity index (χ2v) is 3.18. The molecular weight excluding hydrogens is 262 g/mol. The molecule has 0 bridgehead atoms. The van der Waals surface area contributed by atoms with Crippen LogP contribution in [0.4, 0.5) is 17.1 Å². The minimum Gasteiger partial charge on any atom is -0.478 e. The summed E-state index contributed by atoms with van der Waals surface area (Å²) in [6, 6.07) is 1.21. The zero-order valence-corrected chi connectivity index (χ0v) is 9.35. The van der Waals surface area contributed by atoms with Gasteiger partial charge in [0.05, 0.1) is 26.9 Å². The van der Waals surface area contributed by atoms with Gasteiger partial charge in [-0.1, -0.05) is 12.7 Å². The minimum absolute atomic E-state index is 0.209. The Kier molecular flexibility index (Phi) is 4.08. The van der Waals surface area contributed by atoms with Crippen molar-refractivity contribution < 1.29 is 19.5 Å². The molecule has 19 heavy (non-hydrogen) atoms. The lowest BCUT2D eigenvalue weighted by Crippen LogP contribution is -2.03. The minimum atomic E-state index is -0.988. The Bertz CT molecular complexity index is 534. The molecule has 0 amide bonds. The fourth-order valence-electron chi connectivity index (χ4n) is 1.25. The van der Waals surface area contributed by atoms with Crippen molar-refractivity contribution >= 4 is 17.1 Å². The highest BCUT2D eigenvalue weighted by Gasteiger charge is 2.31. The molecule has 0 radical (unpaired) electrons. The number of nitrogens with zero attached hydrogens (tertiary/aromatic N) is 3. The monoisotopic (exact) mass is 269 g/mol. The van der Waals surface area contributed by atoms with Gasteiger partial charge in [-0.05, 0) is 0 Å². The number of benzene rings is 1. The maximum absolute atomic E-state index is 10.8. The van der Waals surface area contributed by atoms with Gasteiger partial charge < -0.3 is 4.74 Å². The molecule has 0 heterocycles. The lowest BCUT2D eigenvalue weighted by atomic mass is 10.2. The first-order valence-corrected chi connectivity index (χ1v) is 4.73. The Hall–Kier alpha value is -3.04. The van der Waals surface area contributed by atoms with Crippen LogP contribution < -0.4 is 4.74 Å². The number of nitro benzene ring substituents is 3. The predicted molar refractivity (Wildman–Crippen MR) is 62.1 cm³/mol. The quantitative estimate of drug-likeness (QED) is 0.436. The normalized spacial score (nSPS) is 9.68. The van der Waals surface area contributed by atoms with Gasteiger partial charge in [-0.2, -0.15) is 0 Å². The highest BCUT2D eigenvalue weighted by atomic mass is 16.6. The molecule has 1 aromatic rings. The van der Waals surface area contributed by atoms with Gasteiger partial charge in [0.1, 0.15) is 6.61 Å². The van der Waals surface area contributed by atoms with E-state index in [9.17, 15) is 30.3 Å². The van der Waals surface area contributed by atoms with E-state index in [1.54, 1.807) is 0 Å². The van der Waals surface area contributed by atoms with Crippen LogP contribution in [0.1, 0.15) is 0 Å². The molecule has 0 atom stereocenters. The number of rotatable bonds is 6. The summed E-state index contributed by atoms with van der Waals surface area (Å²) < 4.78 is 4.85. The van der Waals surface area contributed by atoms with E-state index >= 15 is 0 Å². The van der Waals surface area contributed by atoms with Crippen molar-refractivity contribution in [2.24, 2.45) is 0 Å². The van der Waals surface area contributed by atoms with Crippen molar-refractivity contribution in [2.45, 2.75) is 0 Å². The molecule has 0 spiro atoms. The van der Waals surface area contributed by atoms with E-state index in [1.807, 2.05) is 0 Å². The summed E-state index contributed by atoms with van der Waals surface area (Å²) in [6.45, 7) is 3.09. The standard InChI is InChI=1S/C9H7N3O7/c1-2-3-19-9-7(11(15)16)4-6(10(13)14)5-8(9)12(17)18/h2,4-5H,1,3H2. The van der Waals surface area contributed by atoms with E-state index in [0.29, 0.717) is 12.1 Å². The summed E-state index contributed by atoms with van der Waals surface area (Å²) in [5, 5.41) is 32.2. The van der Waals surface area contributed by atoms with Crippen LogP contribution in [0.3, 0.4) is 0 Å². The van der Waals surface area contributed by atoms with Crippen LogP contribution in [0, 0.1) is 30.3 Å². The van der Waals surface area contributed by atoms with E-state index in [-0.39, 0.29) is 6.61 Å². The van der Waals surface area contributed by atoms with Gasteiger partial charge in [-0.25, -0.2) is 0 Å². The average molecular weight is 269 g/mol. The first kappa shape index (κ1) is 14.0. The van der Waals surface area contributed by atoms with Crippen molar-refractivity contribution in [1.82, 2.24) is 0 Å². The second-order valence-electron chi connectivity index (χ2n) is 3.18. The van der Waals surface area contributed by atoms with Gasteiger partial charge in [-0.15, -0.1) is 0 Å². The second kappa shape index (κ2) is 5.53. The maximum Gasteiger partial charge on any atom is 0.325 e. The van der Waals surface area contributed by atoms with Crippen molar-refractivity contribution in [2.75, 3.05) is 6.61 Å². The molecule has 10 nitrogen and oxygen atoms in total. The van der Waals surface area contributed by atoms with E-state index in [0.717, 1.165) is 0 Å². The molecule has 0 saturated carbocycles. The van der Waals surface area contributed by atoms with Gasteiger partial charge >= 0.3 is 11.4 Å². The Labute approximate surface area is 105 Å². The van der Waals surface area contributed by atoms with Crippen LogP contribution in [0.2, 0.25) is 0 Å². The zero-order chi connectivity index (χ0) is 14.6. The summed E-state index contributed by atoms with van der Waals surface area (Å²) in [5.74, 6) is -0.638. The van der Waals surface area contributed by atoms with Crippen LogP contribution in [0.5, 0.6) is 5.75 Å². The van der Waals surface area contributed by atoms with Crippen molar-refractivity contribution in [3.05, 3.63) is 55.1 Å². The predicted octanol–water partition coefficient (Wildman–Crippen LogP) is 1.98. The van der Waals surface area contributed by atoms with Crippen LogP contribution in [-0.2, 0) is 0 Å². The van der Waals surface area contributed by atoms with Crippen LogP contribution in [0.25, 0.3) is 0 Å². The van der Waals surface area contributed by atoms with E-state index in [1.165, 1.54) is 6.08 Å². The SMILES string of the molecule is C=CCOc1c([N+](=O)[O-])cc([N+](=O)[O-])cc1[N+](=O)[O-]. The number of ether oxygens (including phenoxy) is 1. The maximum atomic E-state index is 10.8. The Morgan fingerprint density at radius 3 is 1.84 bits per heavy atom. The zero-order valence-electron chi connectivity index (χ0n) is 9.35. The van der Waals surface area contributed by atoms with Crippen molar-refractivity contribution in [1.29, 1.82) is 0 Å². The molecule has 0 aliphatic carbocycles. The summed E-state index contributed by atoms with van der Waals surface area (Å²) in [7, 11) is 0. The highest BCUT2D eigenvalue weighted by molar-refractivity contribution is 5.65. The average Bonchev–Trinajstić information content (AvgIpc) is 2.34. The molecule has 0 fully saturated rings. The molecule has 10 heteroatoms. The Morgan fingerprint density at radius 2 is 1.53 bits per heavy atom. The molecular formula is C9H7N3O7. The fourth-order valence-corrected chi connectivity index (χ4v) is 1.25. The summed E-state index contributed by atoms with van der Waals surface area (Å²) in [4.78, 5) is 29.2. The van der Waals surface area contributed by atoms with Crippen LogP contribution in [0.15, 0.2) is 24.8 Å². The first-order valence-electron chi connectivity index (χ1n) is 4.73. The molecule has 0 N–H and O–H groups in total. The first-order chi connectivity index (χ1) is 8.88. The lowest BCUT2D eigenvalue weighted by molar-refractivity contribution is -0.404. The van der Waals surface area contributed by atoms with Gasteiger partial charge in [0, 0.05) is 0 Å². The smallest absolute Gasteiger partial charge is 0.325 e. The van der Waals surface area contributed by atoms with E-state index < -0.39 is 37.6 Å². The number of hydrogen-bond acceptors (Lipinski definition) is 7. The van der Waals surface area contributed by atoms with Gasteiger partial charge in [0.15, 0.2) is 0 Å². The largest absolute Gasteiger partial charge is 0.478 e. The Balaban J connectivity index is 3.54. The number of hydrogen-bond donors (Lipinski definition) is 0. The molecule has 1 aromatic carbocycles. The topological polar surface area (TPSA) is 139 Å². The van der Waals surface area contributed by atoms with Crippen molar-refractivity contribution in [3.8, 4) is 5.75 Å². The van der Waals surface area contributed by atoms with E-state index in [2.05, 4.69) is 6.58 Å². The van der Waals surface area contributed by atoms with Gasteiger partial charge in [0.2, 0.25) is 0 Å². The highest BCUT2D eigenvalue weighted by Crippen LogP contribution is 2.40. The third-order valence-corrected chi connectivity index (χ3v) is 1.98.